The van der Waals surface area contributed by atoms with Crippen molar-refractivity contribution in [2.75, 3.05) is 11.5 Å². The van der Waals surface area contributed by atoms with Crippen LogP contribution in [0.25, 0.3) is 0 Å². The summed E-state index contributed by atoms with van der Waals surface area (Å²) in [6.45, 7) is 0. The van der Waals surface area contributed by atoms with Gasteiger partial charge in [0.2, 0.25) is 18.2 Å². The number of aromatic nitrogens is 2. The van der Waals surface area contributed by atoms with Crippen LogP contribution in [0.5, 0.6) is 5.75 Å². The molecule has 0 fully saturated rings. The number of pyridine rings is 2. The zero-order valence-corrected chi connectivity index (χ0v) is 16.7. The van der Waals surface area contributed by atoms with Crippen LogP contribution in [0.4, 0.5) is 5.82 Å². The van der Waals surface area contributed by atoms with Gasteiger partial charge < -0.3 is 4.74 Å². The minimum Gasteiger partial charge on any atom is -0.497 e. The highest BCUT2D eigenvalue weighted by molar-refractivity contribution is 9.10. The van der Waals surface area contributed by atoms with E-state index in [-0.39, 0.29) is 10.7 Å². The molecule has 2 heterocycles. The Morgan fingerprint density at radius 1 is 1.15 bits per heavy atom. The quantitative estimate of drug-likeness (QED) is 0.553. The number of benzene rings is 1. The molecule has 0 saturated heterocycles. The van der Waals surface area contributed by atoms with Gasteiger partial charge in [-0.2, -0.15) is 8.42 Å². The Kier molecular flexibility index (Phi) is 5.45. The first-order chi connectivity index (χ1) is 12.4. The molecule has 0 atom stereocenters. The number of rotatable bonds is 5. The van der Waals surface area contributed by atoms with Crippen molar-refractivity contribution in [3.8, 4) is 5.75 Å². The molecule has 134 valence electrons. The van der Waals surface area contributed by atoms with Crippen molar-refractivity contribution < 1.29 is 17.8 Å². The van der Waals surface area contributed by atoms with Crippen LogP contribution >= 0.6 is 27.5 Å². The van der Waals surface area contributed by atoms with Gasteiger partial charge in [0.1, 0.15) is 5.75 Å². The number of nitrogens with zero attached hydrogens (tertiary/aromatic N) is 3. The van der Waals surface area contributed by atoms with E-state index in [0.29, 0.717) is 15.2 Å². The predicted octanol–water partition coefficient (Wildman–Crippen LogP) is 3.45. The summed E-state index contributed by atoms with van der Waals surface area (Å²) in [5.41, 5.74) is 0. The van der Waals surface area contributed by atoms with Gasteiger partial charge in [0.25, 0.3) is 0 Å². The van der Waals surface area contributed by atoms with Gasteiger partial charge >= 0.3 is 10.0 Å². The summed E-state index contributed by atoms with van der Waals surface area (Å²) in [6, 6.07) is 13.0. The van der Waals surface area contributed by atoms with Gasteiger partial charge in [-0.05, 0) is 50.7 Å². The molecule has 0 aliphatic heterocycles. The zero-order chi connectivity index (χ0) is 18.7. The predicted molar refractivity (Wildman–Crippen MR) is 102 cm³/mol. The van der Waals surface area contributed by atoms with E-state index in [9.17, 15) is 8.42 Å². The molecule has 0 amide bonds. The number of ether oxygens (including phenoxy) is 1. The SMILES string of the molecule is COc1ccc(S(=O)(=O)N(c2ncc(Cl)cc2Br)[n+]2ccccc2)cc1. The Morgan fingerprint density at radius 2 is 1.81 bits per heavy atom. The third-order valence-electron chi connectivity index (χ3n) is 3.46. The van der Waals surface area contributed by atoms with E-state index in [4.69, 9.17) is 16.3 Å². The van der Waals surface area contributed by atoms with E-state index in [2.05, 4.69) is 20.9 Å². The maximum atomic E-state index is 13.3. The molecule has 0 spiro atoms. The van der Waals surface area contributed by atoms with E-state index in [1.807, 2.05) is 0 Å². The molecular formula is C17H14BrClN3O3S+. The first kappa shape index (κ1) is 18.6. The number of hydrogen-bond donors (Lipinski definition) is 0. The lowest BCUT2D eigenvalue weighted by Gasteiger charge is -2.18. The molecule has 0 aliphatic rings. The fraction of sp³-hybridized carbons (Fsp3) is 0.0588. The number of halogens is 2. The molecular weight excluding hydrogens is 442 g/mol. The first-order valence-electron chi connectivity index (χ1n) is 7.40. The van der Waals surface area contributed by atoms with Crippen LogP contribution in [0.2, 0.25) is 5.02 Å². The van der Waals surface area contributed by atoms with E-state index in [0.717, 1.165) is 4.41 Å². The van der Waals surface area contributed by atoms with E-state index in [1.54, 1.807) is 48.8 Å². The second-order valence-electron chi connectivity index (χ2n) is 5.14. The molecule has 0 N–H and O–H groups in total. The summed E-state index contributed by atoms with van der Waals surface area (Å²) in [5, 5.41) is 0.389. The van der Waals surface area contributed by atoms with Crippen LogP contribution in [-0.4, -0.2) is 20.5 Å². The maximum absolute atomic E-state index is 13.3. The average molecular weight is 456 g/mol. The van der Waals surface area contributed by atoms with Crippen molar-refractivity contribution >= 4 is 43.4 Å². The van der Waals surface area contributed by atoms with Crippen LogP contribution in [-0.2, 0) is 10.0 Å². The van der Waals surface area contributed by atoms with Crippen LogP contribution in [0.15, 0.2) is 76.5 Å². The van der Waals surface area contributed by atoms with Gasteiger partial charge in [-0.25, -0.2) is 4.98 Å². The number of hydrogen-bond acceptors (Lipinski definition) is 4. The van der Waals surface area contributed by atoms with Crippen molar-refractivity contribution in [3.05, 3.63) is 76.6 Å². The Labute approximate surface area is 164 Å². The molecule has 26 heavy (non-hydrogen) atoms. The van der Waals surface area contributed by atoms with Crippen molar-refractivity contribution in [1.82, 2.24) is 4.98 Å². The van der Waals surface area contributed by atoms with Crippen molar-refractivity contribution in [1.29, 1.82) is 0 Å². The third kappa shape index (κ3) is 3.67. The van der Waals surface area contributed by atoms with Crippen LogP contribution in [0.1, 0.15) is 0 Å². The van der Waals surface area contributed by atoms with Crippen molar-refractivity contribution in [2.45, 2.75) is 4.90 Å². The highest BCUT2D eigenvalue weighted by atomic mass is 79.9. The fourth-order valence-corrected chi connectivity index (χ4v) is 4.59. The monoisotopic (exact) mass is 454 g/mol. The summed E-state index contributed by atoms with van der Waals surface area (Å²) in [4.78, 5) is 4.30. The molecule has 9 heteroatoms. The highest BCUT2D eigenvalue weighted by Crippen LogP contribution is 2.29. The smallest absolute Gasteiger partial charge is 0.315 e. The summed E-state index contributed by atoms with van der Waals surface area (Å²) in [6.07, 6.45) is 4.62. The molecule has 1 aromatic carbocycles. The fourth-order valence-electron chi connectivity index (χ4n) is 2.25. The molecule has 3 aromatic rings. The summed E-state index contributed by atoms with van der Waals surface area (Å²) in [5.74, 6) is 0.745. The molecule has 3 rings (SSSR count). The van der Waals surface area contributed by atoms with E-state index < -0.39 is 10.0 Å². The molecule has 0 aliphatic carbocycles. The van der Waals surface area contributed by atoms with Crippen LogP contribution in [0, 0.1) is 0 Å². The van der Waals surface area contributed by atoms with Gasteiger partial charge in [0.15, 0.2) is 0 Å². The van der Waals surface area contributed by atoms with Crippen LogP contribution in [0.3, 0.4) is 0 Å². The summed E-state index contributed by atoms with van der Waals surface area (Å²) < 4.78 is 34.7. The summed E-state index contributed by atoms with van der Waals surface area (Å²) in [7, 11) is -2.44. The van der Waals surface area contributed by atoms with Gasteiger partial charge in [-0.15, -0.1) is 0 Å². The Balaban J connectivity index is 2.19. The first-order valence-corrected chi connectivity index (χ1v) is 10.0. The number of sulfonamides is 1. The lowest BCUT2D eigenvalue weighted by atomic mass is 10.3. The van der Waals surface area contributed by atoms with Gasteiger partial charge in [0, 0.05) is 18.3 Å². The molecule has 6 nitrogen and oxygen atoms in total. The molecule has 0 bridgehead atoms. The molecule has 0 radical (unpaired) electrons. The Morgan fingerprint density at radius 3 is 2.38 bits per heavy atom. The third-order valence-corrected chi connectivity index (χ3v) is 5.94. The van der Waals surface area contributed by atoms with Gasteiger partial charge in [-0.3, -0.25) is 0 Å². The van der Waals surface area contributed by atoms with Crippen LogP contribution < -0.4 is 13.8 Å². The topological polar surface area (TPSA) is 63.4 Å². The van der Waals surface area contributed by atoms with E-state index in [1.165, 1.54) is 30.1 Å². The highest BCUT2D eigenvalue weighted by Gasteiger charge is 2.35. The second-order valence-corrected chi connectivity index (χ2v) is 8.20. The minimum absolute atomic E-state index is 0.0957. The number of anilines is 1. The van der Waals surface area contributed by atoms with Crippen molar-refractivity contribution in [2.24, 2.45) is 0 Å². The Hall–Kier alpha value is -2.16. The Bertz CT molecular complexity index is 1020. The summed E-state index contributed by atoms with van der Waals surface area (Å²) >= 11 is 9.30. The standard InChI is InChI=1S/C17H14BrClN3O3S/c1-25-14-5-7-15(8-6-14)26(23,24)22(21-9-3-2-4-10-21)17-16(18)11-13(19)12-20-17/h2-12H,1H3/q+1. The van der Waals surface area contributed by atoms with Gasteiger partial charge in [-0.1, -0.05) is 22.3 Å². The largest absolute Gasteiger partial charge is 0.497 e. The molecule has 2 aromatic heterocycles. The van der Waals surface area contributed by atoms with E-state index >= 15 is 0 Å². The number of methoxy groups -OCH3 is 1. The van der Waals surface area contributed by atoms with Crippen molar-refractivity contribution in [3.63, 3.8) is 0 Å². The maximum Gasteiger partial charge on any atom is 0.315 e. The minimum atomic E-state index is -3.96. The lowest BCUT2D eigenvalue weighted by Crippen LogP contribution is -2.57. The lowest BCUT2D eigenvalue weighted by molar-refractivity contribution is -0.668. The second kappa shape index (κ2) is 7.61. The average Bonchev–Trinajstić information content (AvgIpc) is 2.64. The molecule has 0 saturated carbocycles. The normalized spacial score (nSPS) is 11.2. The molecule has 0 unspecified atom stereocenters. The van der Waals surface area contributed by atoms with Gasteiger partial charge in [0.05, 0.1) is 21.5 Å². The zero-order valence-electron chi connectivity index (χ0n) is 13.6.